The van der Waals surface area contributed by atoms with E-state index in [-0.39, 0.29) is 0 Å². The summed E-state index contributed by atoms with van der Waals surface area (Å²) in [6.07, 6.45) is 3.72. The van der Waals surface area contributed by atoms with E-state index in [2.05, 4.69) is 27.5 Å². The molecule has 0 saturated carbocycles. The number of rotatable bonds is 2. The molecule has 0 unspecified atom stereocenters. The Balaban J connectivity index is 2.85. The molecule has 3 heteroatoms. The lowest BCUT2D eigenvalue weighted by Gasteiger charge is -1.92. The highest BCUT2D eigenvalue weighted by molar-refractivity contribution is 9.09. The third-order valence-corrected chi connectivity index (χ3v) is 1.91. The van der Waals surface area contributed by atoms with Gasteiger partial charge in [-0.05, 0) is 5.57 Å². The molecule has 0 spiro atoms. The Bertz CT molecular complexity index is 240. The number of hydrogen-bond acceptors (Lipinski definition) is 1. The molecule has 1 heterocycles. The van der Waals surface area contributed by atoms with Crippen molar-refractivity contribution in [2.24, 2.45) is 7.05 Å². The topological polar surface area (TPSA) is 17.8 Å². The average molecular weight is 201 g/mol. The van der Waals surface area contributed by atoms with Crippen molar-refractivity contribution in [2.45, 2.75) is 0 Å². The summed E-state index contributed by atoms with van der Waals surface area (Å²) in [5.74, 6) is 0. The van der Waals surface area contributed by atoms with Crippen molar-refractivity contribution in [3.8, 4) is 0 Å². The van der Waals surface area contributed by atoms with Crippen LogP contribution in [0.1, 0.15) is 5.69 Å². The van der Waals surface area contributed by atoms with Crippen molar-refractivity contribution in [3.63, 3.8) is 0 Å². The minimum absolute atomic E-state index is 0.782. The molecule has 0 aromatic carbocycles. The van der Waals surface area contributed by atoms with Gasteiger partial charge >= 0.3 is 0 Å². The number of allylic oxidation sites excluding steroid dienone is 1. The second kappa shape index (κ2) is 3.01. The normalized spacial score (nSPS) is 9.80. The van der Waals surface area contributed by atoms with Gasteiger partial charge in [-0.2, -0.15) is 0 Å². The highest BCUT2D eigenvalue weighted by Crippen LogP contribution is 2.10. The van der Waals surface area contributed by atoms with E-state index in [1.54, 1.807) is 6.33 Å². The summed E-state index contributed by atoms with van der Waals surface area (Å²) in [6.45, 7) is 3.83. The molecule has 0 atom stereocenters. The summed E-state index contributed by atoms with van der Waals surface area (Å²) in [5.41, 5.74) is 1.97. The van der Waals surface area contributed by atoms with Gasteiger partial charge in [0.15, 0.2) is 0 Å². The van der Waals surface area contributed by atoms with E-state index in [0.29, 0.717) is 0 Å². The first kappa shape index (κ1) is 7.54. The molecule has 0 N–H and O–H groups in total. The molecule has 0 bridgehead atoms. The molecule has 0 amide bonds. The molecular weight excluding hydrogens is 192 g/mol. The van der Waals surface area contributed by atoms with Crippen LogP contribution in [0.3, 0.4) is 0 Å². The number of aromatic nitrogens is 2. The van der Waals surface area contributed by atoms with Crippen LogP contribution in [-0.2, 0) is 7.05 Å². The second-order valence-corrected chi connectivity index (χ2v) is 2.72. The van der Waals surface area contributed by atoms with E-state index in [4.69, 9.17) is 0 Å². The lowest BCUT2D eigenvalue weighted by atomic mass is 10.3. The molecule has 0 aliphatic heterocycles. The van der Waals surface area contributed by atoms with Gasteiger partial charge in [-0.15, -0.1) is 0 Å². The smallest absolute Gasteiger partial charge is 0.0951 e. The Morgan fingerprint density at radius 2 is 2.60 bits per heavy atom. The lowest BCUT2D eigenvalue weighted by Crippen LogP contribution is -1.82. The number of alkyl halides is 1. The minimum atomic E-state index is 0.782. The quantitative estimate of drug-likeness (QED) is 0.667. The first-order valence-corrected chi connectivity index (χ1v) is 4.08. The van der Waals surface area contributed by atoms with E-state index in [1.165, 1.54) is 0 Å². The summed E-state index contributed by atoms with van der Waals surface area (Å²) in [5, 5.41) is 0.782. The van der Waals surface area contributed by atoms with E-state index < -0.39 is 0 Å². The van der Waals surface area contributed by atoms with Gasteiger partial charge in [0.1, 0.15) is 0 Å². The SMILES string of the molecule is C=C(CBr)c1cn(C)cn1. The Morgan fingerprint density at radius 1 is 1.90 bits per heavy atom. The van der Waals surface area contributed by atoms with Crippen molar-refractivity contribution >= 4 is 21.5 Å². The third-order valence-electron chi connectivity index (χ3n) is 1.23. The number of hydrogen-bond donors (Lipinski definition) is 0. The minimum Gasteiger partial charge on any atom is -0.340 e. The highest BCUT2D eigenvalue weighted by Gasteiger charge is 1.98. The predicted molar refractivity (Wildman–Crippen MR) is 46.0 cm³/mol. The maximum atomic E-state index is 4.12. The molecular formula is C7H9BrN2. The lowest BCUT2D eigenvalue weighted by molar-refractivity contribution is 0.913. The first-order chi connectivity index (χ1) is 4.74. The maximum absolute atomic E-state index is 4.12. The standard InChI is InChI=1S/C7H9BrN2/c1-6(3-8)7-4-10(2)5-9-7/h4-5H,1,3H2,2H3. The van der Waals surface area contributed by atoms with Crippen molar-refractivity contribution < 1.29 is 0 Å². The molecule has 10 heavy (non-hydrogen) atoms. The van der Waals surface area contributed by atoms with Gasteiger partial charge < -0.3 is 4.57 Å². The van der Waals surface area contributed by atoms with Crippen LogP contribution in [0.15, 0.2) is 19.1 Å². The fraction of sp³-hybridized carbons (Fsp3) is 0.286. The fourth-order valence-electron chi connectivity index (χ4n) is 0.664. The Labute approximate surface area is 68.7 Å². The van der Waals surface area contributed by atoms with Crippen LogP contribution >= 0.6 is 15.9 Å². The summed E-state index contributed by atoms with van der Waals surface area (Å²) in [4.78, 5) is 4.12. The van der Waals surface area contributed by atoms with Crippen molar-refractivity contribution in [1.82, 2.24) is 9.55 Å². The van der Waals surface area contributed by atoms with Crippen molar-refractivity contribution in [2.75, 3.05) is 5.33 Å². The molecule has 0 fully saturated rings. The van der Waals surface area contributed by atoms with Crippen LogP contribution in [0.2, 0.25) is 0 Å². The van der Waals surface area contributed by atoms with Gasteiger partial charge in [0.05, 0.1) is 12.0 Å². The highest BCUT2D eigenvalue weighted by atomic mass is 79.9. The van der Waals surface area contributed by atoms with Gasteiger partial charge in [-0.1, -0.05) is 22.5 Å². The van der Waals surface area contributed by atoms with Crippen molar-refractivity contribution in [1.29, 1.82) is 0 Å². The first-order valence-electron chi connectivity index (χ1n) is 2.96. The van der Waals surface area contributed by atoms with Crippen LogP contribution < -0.4 is 0 Å². The summed E-state index contributed by atoms with van der Waals surface area (Å²) in [6, 6.07) is 0. The zero-order valence-corrected chi connectivity index (χ0v) is 7.43. The van der Waals surface area contributed by atoms with Crippen LogP contribution in [0.25, 0.3) is 5.57 Å². The molecule has 54 valence electrons. The zero-order valence-electron chi connectivity index (χ0n) is 5.84. The van der Waals surface area contributed by atoms with Crippen LogP contribution in [0.4, 0.5) is 0 Å². The van der Waals surface area contributed by atoms with Crippen LogP contribution in [-0.4, -0.2) is 14.9 Å². The van der Waals surface area contributed by atoms with Gasteiger partial charge in [0.2, 0.25) is 0 Å². The molecule has 0 saturated heterocycles. The predicted octanol–water partition coefficient (Wildman–Crippen LogP) is 1.83. The van der Waals surface area contributed by atoms with Crippen LogP contribution in [0, 0.1) is 0 Å². The average Bonchev–Trinajstić information content (AvgIpc) is 2.34. The van der Waals surface area contributed by atoms with E-state index >= 15 is 0 Å². The second-order valence-electron chi connectivity index (χ2n) is 2.16. The number of halogens is 1. The fourth-order valence-corrected chi connectivity index (χ4v) is 0.951. The molecule has 1 aromatic heterocycles. The Morgan fingerprint density at radius 3 is 3.00 bits per heavy atom. The zero-order chi connectivity index (χ0) is 7.56. The molecule has 1 rings (SSSR count). The summed E-state index contributed by atoms with van der Waals surface area (Å²) < 4.78 is 1.91. The van der Waals surface area contributed by atoms with Crippen molar-refractivity contribution in [3.05, 3.63) is 24.8 Å². The molecule has 0 aliphatic rings. The summed E-state index contributed by atoms with van der Waals surface area (Å²) >= 11 is 3.31. The molecule has 0 radical (unpaired) electrons. The van der Waals surface area contributed by atoms with E-state index in [0.717, 1.165) is 16.6 Å². The van der Waals surface area contributed by atoms with Gasteiger partial charge in [0, 0.05) is 18.6 Å². The Kier molecular flexibility index (Phi) is 2.27. The molecule has 1 aromatic rings. The van der Waals surface area contributed by atoms with Gasteiger partial charge in [0.25, 0.3) is 0 Å². The van der Waals surface area contributed by atoms with Crippen LogP contribution in [0.5, 0.6) is 0 Å². The molecule has 2 nitrogen and oxygen atoms in total. The van der Waals surface area contributed by atoms with Gasteiger partial charge in [-0.3, -0.25) is 0 Å². The number of nitrogens with zero attached hydrogens (tertiary/aromatic N) is 2. The number of imidazole rings is 1. The van der Waals surface area contributed by atoms with Gasteiger partial charge in [-0.25, -0.2) is 4.98 Å². The number of aryl methyl sites for hydroxylation is 1. The largest absolute Gasteiger partial charge is 0.340 e. The maximum Gasteiger partial charge on any atom is 0.0951 e. The summed E-state index contributed by atoms with van der Waals surface area (Å²) in [7, 11) is 1.94. The van der Waals surface area contributed by atoms with E-state index in [1.807, 2.05) is 17.8 Å². The third kappa shape index (κ3) is 1.48. The monoisotopic (exact) mass is 200 g/mol. The Hall–Kier alpha value is -0.570. The van der Waals surface area contributed by atoms with E-state index in [9.17, 15) is 0 Å². The molecule has 0 aliphatic carbocycles.